The van der Waals surface area contributed by atoms with Crippen LogP contribution in [0.25, 0.3) is 6.08 Å². The fraction of sp³-hybridized carbons (Fsp3) is 0.464. The number of hydrogen-bond acceptors (Lipinski definition) is 4. The molecule has 2 aromatic carbocycles. The standard InChI is InChI=1S/C28H36N2O3S/c1-2-18-34(32,33)29-28(31)13-12-22-8-10-24(11-9-22)21-30-16-14-23(15-17-30)19-26-20-27(26)25-6-4-3-5-7-25/h3-13,23,26-27H,2,14-21H2,1H3,(H,29,31)/b13-12+/t26-,27+/m1/s1. The van der Waals surface area contributed by atoms with Crippen molar-refractivity contribution in [3.63, 3.8) is 0 Å². The second-order valence-electron chi connectivity index (χ2n) is 9.83. The molecule has 6 heteroatoms. The van der Waals surface area contributed by atoms with Crippen LogP contribution in [0.1, 0.15) is 61.6 Å². The number of rotatable bonds is 10. The minimum atomic E-state index is -3.54. The van der Waals surface area contributed by atoms with E-state index in [1.807, 2.05) is 12.1 Å². The van der Waals surface area contributed by atoms with Crippen molar-refractivity contribution in [2.45, 2.75) is 51.5 Å². The Labute approximate surface area is 204 Å². The Morgan fingerprint density at radius 2 is 1.76 bits per heavy atom. The van der Waals surface area contributed by atoms with Gasteiger partial charge in [0.05, 0.1) is 5.75 Å². The van der Waals surface area contributed by atoms with Crippen molar-refractivity contribution in [1.82, 2.24) is 9.62 Å². The van der Waals surface area contributed by atoms with Crippen molar-refractivity contribution in [3.8, 4) is 0 Å². The molecule has 0 radical (unpaired) electrons. The van der Waals surface area contributed by atoms with Gasteiger partial charge in [0.2, 0.25) is 10.0 Å². The predicted molar refractivity (Wildman–Crippen MR) is 138 cm³/mol. The van der Waals surface area contributed by atoms with E-state index in [-0.39, 0.29) is 5.75 Å². The molecule has 2 aromatic rings. The van der Waals surface area contributed by atoms with Crippen LogP contribution < -0.4 is 4.72 Å². The third-order valence-electron chi connectivity index (χ3n) is 7.04. The molecular weight excluding hydrogens is 444 g/mol. The van der Waals surface area contributed by atoms with Gasteiger partial charge in [-0.2, -0.15) is 0 Å². The highest BCUT2D eigenvalue weighted by atomic mass is 32.2. The van der Waals surface area contributed by atoms with Gasteiger partial charge in [0.15, 0.2) is 0 Å². The summed E-state index contributed by atoms with van der Waals surface area (Å²) in [6.45, 7) is 5.02. The molecule has 1 amide bonds. The predicted octanol–water partition coefficient (Wildman–Crippen LogP) is 4.96. The van der Waals surface area contributed by atoms with Gasteiger partial charge < -0.3 is 0 Å². The lowest BCUT2D eigenvalue weighted by atomic mass is 9.90. The van der Waals surface area contributed by atoms with Crippen LogP contribution in [-0.4, -0.2) is 38.1 Å². The van der Waals surface area contributed by atoms with E-state index in [4.69, 9.17) is 0 Å². The van der Waals surface area contributed by atoms with Gasteiger partial charge in [0, 0.05) is 12.6 Å². The summed E-state index contributed by atoms with van der Waals surface area (Å²) in [5.74, 6) is 1.87. The number of carbonyl (C=O) groups is 1. The molecule has 1 saturated carbocycles. The second kappa shape index (κ2) is 11.3. The molecule has 0 bridgehead atoms. The van der Waals surface area contributed by atoms with Gasteiger partial charge in [-0.3, -0.25) is 9.69 Å². The lowest BCUT2D eigenvalue weighted by molar-refractivity contribution is -0.114. The number of piperidine rings is 1. The molecule has 1 aliphatic heterocycles. The maximum Gasteiger partial charge on any atom is 0.257 e. The molecule has 0 spiro atoms. The fourth-order valence-corrected chi connectivity index (χ4v) is 6.11. The van der Waals surface area contributed by atoms with Crippen molar-refractivity contribution in [3.05, 3.63) is 77.4 Å². The van der Waals surface area contributed by atoms with E-state index in [0.717, 1.165) is 43.0 Å². The summed E-state index contributed by atoms with van der Waals surface area (Å²) < 4.78 is 25.4. The first-order valence-corrected chi connectivity index (χ1v) is 14.2. The van der Waals surface area contributed by atoms with Crippen molar-refractivity contribution in [2.75, 3.05) is 18.8 Å². The molecule has 1 aliphatic carbocycles. The number of nitrogens with zero attached hydrogens (tertiary/aromatic N) is 1. The SMILES string of the molecule is CCCS(=O)(=O)NC(=O)/C=C/c1ccc(CN2CCC(C[C@@H]3C[C@H]3c3ccccc3)CC2)cc1. The summed E-state index contributed by atoms with van der Waals surface area (Å²) in [6, 6.07) is 19.1. The molecule has 0 unspecified atom stereocenters. The highest BCUT2D eigenvalue weighted by molar-refractivity contribution is 7.90. The minimum absolute atomic E-state index is 0.0483. The van der Waals surface area contributed by atoms with Gasteiger partial charge in [0.1, 0.15) is 0 Å². The number of nitrogens with one attached hydrogen (secondary N) is 1. The van der Waals surface area contributed by atoms with E-state index < -0.39 is 15.9 Å². The summed E-state index contributed by atoms with van der Waals surface area (Å²) in [5, 5.41) is 0. The zero-order chi connectivity index (χ0) is 24.0. The smallest absolute Gasteiger partial charge is 0.257 e. The zero-order valence-electron chi connectivity index (χ0n) is 20.0. The van der Waals surface area contributed by atoms with Gasteiger partial charge in [-0.1, -0.05) is 61.5 Å². The second-order valence-corrected chi connectivity index (χ2v) is 11.7. The summed E-state index contributed by atoms with van der Waals surface area (Å²) in [7, 11) is -3.54. The molecule has 34 heavy (non-hydrogen) atoms. The van der Waals surface area contributed by atoms with Gasteiger partial charge in [-0.25, -0.2) is 13.1 Å². The van der Waals surface area contributed by atoms with E-state index in [0.29, 0.717) is 6.42 Å². The Balaban J connectivity index is 1.18. The molecule has 0 aromatic heterocycles. The minimum Gasteiger partial charge on any atom is -0.299 e. The highest BCUT2D eigenvalue weighted by Crippen LogP contribution is 2.51. The van der Waals surface area contributed by atoms with Crippen molar-refractivity contribution < 1.29 is 13.2 Å². The maximum absolute atomic E-state index is 11.8. The Kier molecular flexibility index (Phi) is 8.22. The van der Waals surface area contributed by atoms with Gasteiger partial charge in [-0.15, -0.1) is 0 Å². The van der Waals surface area contributed by atoms with Gasteiger partial charge >= 0.3 is 0 Å². The topological polar surface area (TPSA) is 66.5 Å². The monoisotopic (exact) mass is 480 g/mol. The third kappa shape index (κ3) is 7.28. The van der Waals surface area contributed by atoms with Gasteiger partial charge in [-0.05, 0) is 85.7 Å². The van der Waals surface area contributed by atoms with Crippen LogP contribution >= 0.6 is 0 Å². The van der Waals surface area contributed by atoms with E-state index in [9.17, 15) is 13.2 Å². The van der Waals surface area contributed by atoms with Crippen LogP contribution in [0.2, 0.25) is 0 Å². The summed E-state index contributed by atoms with van der Waals surface area (Å²) >= 11 is 0. The lowest BCUT2D eigenvalue weighted by Crippen LogP contribution is -2.33. The first-order valence-electron chi connectivity index (χ1n) is 12.5. The van der Waals surface area contributed by atoms with Crippen molar-refractivity contribution >= 4 is 22.0 Å². The van der Waals surface area contributed by atoms with Crippen LogP contribution in [0.3, 0.4) is 0 Å². The molecule has 5 nitrogen and oxygen atoms in total. The van der Waals surface area contributed by atoms with Gasteiger partial charge in [0.25, 0.3) is 5.91 Å². The number of amides is 1. The molecule has 1 heterocycles. The van der Waals surface area contributed by atoms with Crippen LogP contribution in [0, 0.1) is 11.8 Å². The Morgan fingerprint density at radius 1 is 1.06 bits per heavy atom. The molecule has 2 aliphatic rings. The van der Waals surface area contributed by atoms with E-state index in [1.54, 1.807) is 13.0 Å². The first kappa shape index (κ1) is 24.7. The number of benzene rings is 2. The molecule has 1 saturated heterocycles. The van der Waals surface area contributed by atoms with Crippen LogP contribution in [0.15, 0.2) is 60.7 Å². The molecule has 2 atom stereocenters. The Bertz CT molecular complexity index is 1070. The number of likely N-dealkylation sites (tertiary alicyclic amines) is 1. The quantitative estimate of drug-likeness (QED) is 0.488. The average Bonchev–Trinajstić information content (AvgIpc) is 3.59. The third-order valence-corrected chi connectivity index (χ3v) is 8.49. The molecule has 182 valence electrons. The molecule has 4 rings (SSSR count). The van der Waals surface area contributed by atoms with E-state index in [1.165, 1.54) is 42.9 Å². The molecule has 2 fully saturated rings. The number of sulfonamides is 1. The number of hydrogen-bond donors (Lipinski definition) is 1. The lowest BCUT2D eigenvalue weighted by Gasteiger charge is -2.32. The summed E-state index contributed by atoms with van der Waals surface area (Å²) in [5.41, 5.74) is 3.66. The van der Waals surface area contributed by atoms with Crippen LogP contribution in [0.4, 0.5) is 0 Å². The molecule has 1 N–H and O–H groups in total. The first-order chi connectivity index (χ1) is 16.4. The van der Waals surface area contributed by atoms with Crippen LogP contribution in [-0.2, 0) is 21.4 Å². The highest BCUT2D eigenvalue weighted by Gasteiger charge is 2.39. The van der Waals surface area contributed by atoms with E-state index in [2.05, 4.69) is 52.1 Å². The van der Waals surface area contributed by atoms with E-state index >= 15 is 0 Å². The van der Waals surface area contributed by atoms with Crippen LogP contribution in [0.5, 0.6) is 0 Å². The molecular formula is C28H36N2O3S. The Hall–Kier alpha value is -2.44. The largest absolute Gasteiger partial charge is 0.299 e. The average molecular weight is 481 g/mol. The maximum atomic E-state index is 11.8. The summed E-state index contributed by atoms with van der Waals surface area (Å²) in [6.07, 6.45) is 8.70. The number of carbonyl (C=O) groups excluding carboxylic acids is 1. The normalized spacial score (nSPS) is 21.6. The van der Waals surface area contributed by atoms with Crippen molar-refractivity contribution in [2.24, 2.45) is 11.8 Å². The Morgan fingerprint density at radius 3 is 2.44 bits per heavy atom. The summed E-state index contributed by atoms with van der Waals surface area (Å²) in [4.78, 5) is 14.4. The fourth-order valence-electron chi connectivity index (χ4n) is 5.10. The zero-order valence-corrected chi connectivity index (χ0v) is 20.8. The van der Waals surface area contributed by atoms with Crippen molar-refractivity contribution in [1.29, 1.82) is 0 Å².